The zero-order valence-electron chi connectivity index (χ0n) is 17.6. The second-order valence-corrected chi connectivity index (χ2v) is 9.44. The number of fused-ring (bicyclic) bond motifs is 3. The minimum absolute atomic E-state index is 0.0793. The first kappa shape index (κ1) is 18.9. The van der Waals surface area contributed by atoms with Gasteiger partial charge in [-0.15, -0.1) is 0 Å². The molecule has 0 radical (unpaired) electrons. The minimum atomic E-state index is -0.287. The van der Waals surface area contributed by atoms with Gasteiger partial charge in [0.25, 0.3) is 0 Å². The van der Waals surface area contributed by atoms with Crippen molar-refractivity contribution in [3.05, 3.63) is 42.0 Å². The summed E-state index contributed by atoms with van der Waals surface area (Å²) in [7, 11) is 1.70. The molecular formula is C23H31N3O3. The van der Waals surface area contributed by atoms with E-state index in [4.69, 9.17) is 14.2 Å². The predicted molar refractivity (Wildman–Crippen MR) is 110 cm³/mol. The van der Waals surface area contributed by atoms with Crippen molar-refractivity contribution < 1.29 is 14.2 Å². The molecule has 2 fully saturated rings. The number of piperidine rings is 1. The summed E-state index contributed by atoms with van der Waals surface area (Å²) in [6, 6.07) is 6.14. The number of hydrogen-bond acceptors (Lipinski definition) is 5. The minimum Gasteiger partial charge on any atom is -0.493 e. The Morgan fingerprint density at radius 3 is 2.83 bits per heavy atom. The van der Waals surface area contributed by atoms with Crippen molar-refractivity contribution in [1.82, 2.24) is 14.9 Å². The monoisotopic (exact) mass is 397 g/mol. The fraction of sp³-hybridized carbons (Fsp3) is 0.609. The predicted octanol–water partition coefficient (Wildman–Crippen LogP) is 3.95. The van der Waals surface area contributed by atoms with Crippen LogP contribution in [0.3, 0.4) is 0 Å². The Bertz CT molecular complexity index is 856. The lowest BCUT2D eigenvalue weighted by atomic mass is 9.64. The van der Waals surface area contributed by atoms with Gasteiger partial charge in [-0.2, -0.15) is 0 Å². The first-order valence-corrected chi connectivity index (χ1v) is 10.7. The molecule has 29 heavy (non-hydrogen) atoms. The van der Waals surface area contributed by atoms with Crippen LogP contribution >= 0.6 is 0 Å². The molecule has 5 rings (SSSR count). The quantitative estimate of drug-likeness (QED) is 0.850. The maximum Gasteiger partial charge on any atom is 0.167 e. The van der Waals surface area contributed by atoms with E-state index in [2.05, 4.69) is 34.8 Å². The van der Waals surface area contributed by atoms with E-state index in [0.717, 1.165) is 68.4 Å². The number of benzene rings is 1. The van der Waals surface area contributed by atoms with E-state index in [1.807, 2.05) is 24.5 Å². The fourth-order valence-corrected chi connectivity index (χ4v) is 5.43. The SMILES string of the molecule is COc1cccc2c1OC(C)(C)[C@H]1CC3(CCN(Cc4ncc[nH]4)CC3)CO[C@H]21. The van der Waals surface area contributed by atoms with Crippen LogP contribution in [-0.4, -0.2) is 47.3 Å². The van der Waals surface area contributed by atoms with Gasteiger partial charge >= 0.3 is 0 Å². The number of para-hydroxylation sites is 1. The molecule has 4 heterocycles. The highest BCUT2D eigenvalue weighted by Crippen LogP contribution is 2.57. The summed E-state index contributed by atoms with van der Waals surface area (Å²) in [4.78, 5) is 10.1. The van der Waals surface area contributed by atoms with Crippen LogP contribution in [0.15, 0.2) is 30.6 Å². The molecule has 6 nitrogen and oxygen atoms in total. The summed E-state index contributed by atoms with van der Waals surface area (Å²) in [6.07, 6.45) is 7.28. The van der Waals surface area contributed by atoms with Gasteiger partial charge < -0.3 is 19.2 Å². The highest BCUT2D eigenvalue weighted by atomic mass is 16.5. The smallest absolute Gasteiger partial charge is 0.167 e. The van der Waals surface area contributed by atoms with Crippen LogP contribution in [0, 0.1) is 11.3 Å². The van der Waals surface area contributed by atoms with Crippen LogP contribution in [0.25, 0.3) is 0 Å². The molecule has 1 spiro atoms. The zero-order valence-corrected chi connectivity index (χ0v) is 17.6. The van der Waals surface area contributed by atoms with Crippen LogP contribution in [0.1, 0.15) is 50.6 Å². The number of ether oxygens (including phenoxy) is 3. The first-order chi connectivity index (χ1) is 14.0. The Morgan fingerprint density at radius 1 is 1.28 bits per heavy atom. The first-order valence-electron chi connectivity index (χ1n) is 10.7. The molecular weight excluding hydrogens is 366 g/mol. The van der Waals surface area contributed by atoms with Gasteiger partial charge in [0.15, 0.2) is 11.5 Å². The number of imidazole rings is 1. The van der Waals surface area contributed by atoms with E-state index in [1.165, 1.54) is 0 Å². The van der Waals surface area contributed by atoms with Crippen molar-refractivity contribution in [2.24, 2.45) is 11.3 Å². The number of methoxy groups -OCH3 is 1. The van der Waals surface area contributed by atoms with Crippen molar-refractivity contribution in [2.45, 2.75) is 51.4 Å². The molecule has 6 heteroatoms. The number of aromatic nitrogens is 2. The highest BCUT2D eigenvalue weighted by Gasteiger charge is 2.53. The molecule has 1 aromatic heterocycles. The third-order valence-corrected chi connectivity index (χ3v) is 7.23. The van der Waals surface area contributed by atoms with Gasteiger partial charge in [-0.25, -0.2) is 4.98 Å². The molecule has 3 aliphatic rings. The van der Waals surface area contributed by atoms with E-state index >= 15 is 0 Å². The largest absolute Gasteiger partial charge is 0.493 e. The lowest BCUT2D eigenvalue weighted by molar-refractivity contribution is -0.175. The molecule has 156 valence electrons. The number of aromatic amines is 1. The average Bonchev–Trinajstić information content (AvgIpc) is 3.23. The molecule has 3 aliphatic heterocycles. The van der Waals surface area contributed by atoms with Gasteiger partial charge in [0.05, 0.1) is 26.4 Å². The summed E-state index contributed by atoms with van der Waals surface area (Å²) in [5.74, 6) is 3.04. The molecule has 2 saturated heterocycles. The lowest BCUT2D eigenvalue weighted by Gasteiger charge is -2.54. The summed E-state index contributed by atoms with van der Waals surface area (Å²) in [5, 5.41) is 0. The Labute approximate surface area is 172 Å². The third-order valence-electron chi connectivity index (χ3n) is 7.23. The maximum absolute atomic E-state index is 6.61. The van der Waals surface area contributed by atoms with Gasteiger partial charge in [-0.05, 0) is 57.7 Å². The number of nitrogens with zero attached hydrogens (tertiary/aromatic N) is 2. The van der Waals surface area contributed by atoms with Gasteiger partial charge in [0, 0.05) is 23.9 Å². The number of hydrogen-bond donors (Lipinski definition) is 1. The van der Waals surface area contributed by atoms with Crippen LogP contribution < -0.4 is 9.47 Å². The highest BCUT2D eigenvalue weighted by molar-refractivity contribution is 5.50. The summed E-state index contributed by atoms with van der Waals surface area (Å²) < 4.78 is 18.7. The number of H-pyrrole nitrogens is 1. The van der Waals surface area contributed by atoms with Crippen molar-refractivity contribution in [1.29, 1.82) is 0 Å². The number of likely N-dealkylation sites (tertiary alicyclic amines) is 1. The Morgan fingerprint density at radius 2 is 2.10 bits per heavy atom. The second-order valence-electron chi connectivity index (χ2n) is 9.44. The van der Waals surface area contributed by atoms with Crippen LogP contribution in [0.2, 0.25) is 0 Å². The summed E-state index contributed by atoms with van der Waals surface area (Å²) in [5.41, 5.74) is 1.10. The average molecular weight is 398 g/mol. The zero-order chi connectivity index (χ0) is 20.1. The molecule has 2 atom stereocenters. The van der Waals surface area contributed by atoms with Gasteiger partial charge in [0.1, 0.15) is 11.4 Å². The van der Waals surface area contributed by atoms with Crippen molar-refractivity contribution >= 4 is 0 Å². The molecule has 1 aromatic carbocycles. The van der Waals surface area contributed by atoms with Crippen LogP contribution in [0.5, 0.6) is 11.5 Å². The molecule has 2 aromatic rings. The molecule has 0 saturated carbocycles. The van der Waals surface area contributed by atoms with E-state index in [0.29, 0.717) is 5.92 Å². The maximum atomic E-state index is 6.61. The second kappa shape index (κ2) is 7.03. The van der Waals surface area contributed by atoms with Crippen molar-refractivity contribution in [3.63, 3.8) is 0 Å². The summed E-state index contributed by atoms with van der Waals surface area (Å²) >= 11 is 0. The fourth-order valence-electron chi connectivity index (χ4n) is 5.43. The van der Waals surface area contributed by atoms with E-state index in [-0.39, 0.29) is 17.1 Å². The molecule has 0 bridgehead atoms. The van der Waals surface area contributed by atoms with Crippen LogP contribution in [-0.2, 0) is 11.3 Å². The van der Waals surface area contributed by atoms with E-state index in [1.54, 1.807) is 7.11 Å². The standard InChI is InChI=1S/C23H31N3O3/c1-22(2)17-13-23(7-11-26(12-8-23)14-19-24-9-10-25-19)15-28-20(17)16-5-4-6-18(27-3)21(16)29-22/h4-6,9-10,17,20H,7-8,11-15H2,1-3H3,(H,24,25)/t17-,20+/m0/s1. The molecule has 0 unspecified atom stereocenters. The van der Waals surface area contributed by atoms with E-state index < -0.39 is 0 Å². The van der Waals surface area contributed by atoms with Crippen LogP contribution in [0.4, 0.5) is 0 Å². The number of rotatable bonds is 3. The molecule has 0 aliphatic carbocycles. The Kier molecular flexibility index (Phi) is 4.59. The normalized spacial score (nSPS) is 27.7. The topological polar surface area (TPSA) is 59.6 Å². The van der Waals surface area contributed by atoms with Gasteiger partial charge in [-0.1, -0.05) is 12.1 Å². The van der Waals surface area contributed by atoms with Crippen molar-refractivity contribution in [2.75, 3.05) is 26.8 Å². The van der Waals surface area contributed by atoms with E-state index in [9.17, 15) is 0 Å². The number of nitrogens with one attached hydrogen (secondary N) is 1. The Hall–Kier alpha value is -2.05. The van der Waals surface area contributed by atoms with Gasteiger partial charge in [0.2, 0.25) is 0 Å². The summed E-state index contributed by atoms with van der Waals surface area (Å²) in [6.45, 7) is 8.32. The molecule has 1 N–H and O–H groups in total. The van der Waals surface area contributed by atoms with Gasteiger partial charge in [-0.3, -0.25) is 4.90 Å². The molecule has 0 amide bonds. The lowest BCUT2D eigenvalue weighted by Crippen LogP contribution is -2.54. The Balaban J connectivity index is 1.33. The van der Waals surface area contributed by atoms with Crippen molar-refractivity contribution in [3.8, 4) is 11.5 Å². The third kappa shape index (κ3) is 3.32.